The predicted octanol–water partition coefficient (Wildman–Crippen LogP) is 4.58. The van der Waals surface area contributed by atoms with E-state index in [4.69, 9.17) is 0 Å². The van der Waals surface area contributed by atoms with Crippen LogP contribution in [0, 0.1) is 6.92 Å². The van der Waals surface area contributed by atoms with Crippen LogP contribution in [0.1, 0.15) is 17.2 Å². The topological polar surface area (TPSA) is 20.2 Å². The van der Waals surface area contributed by atoms with Crippen molar-refractivity contribution in [1.29, 1.82) is 0 Å². The highest BCUT2D eigenvalue weighted by Crippen LogP contribution is 2.31. The molecule has 2 aromatic rings. The lowest BCUT2D eigenvalue weighted by Crippen LogP contribution is -2.00. The lowest BCUT2D eigenvalue weighted by atomic mass is 10.1. The Morgan fingerprint density at radius 3 is 2.56 bits per heavy atom. The van der Waals surface area contributed by atoms with Gasteiger partial charge >= 0.3 is 0 Å². The fourth-order valence-electron chi connectivity index (χ4n) is 1.66. The molecule has 0 saturated heterocycles. The summed E-state index contributed by atoms with van der Waals surface area (Å²) < 4.78 is 1.09. The maximum absolute atomic E-state index is 10.1. The van der Waals surface area contributed by atoms with E-state index in [-0.39, 0.29) is 0 Å². The molecule has 1 nitrogen and oxygen atoms in total. The summed E-state index contributed by atoms with van der Waals surface area (Å²) in [4.78, 5) is 1.16. The largest absolute Gasteiger partial charge is 0.388 e. The van der Waals surface area contributed by atoms with Gasteiger partial charge < -0.3 is 5.11 Å². The summed E-state index contributed by atoms with van der Waals surface area (Å²) in [6.07, 6.45) is -0.426. The van der Waals surface area contributed by atoms with Gasteiger partial charge in [0.25, 0.3) is 0 Å². The van der Waals surface area contributed by atoms with Crippen LogP contribution in [0.25, 0.3) is 0 Å². The molecule has 1 unspecified atom stereocenters. The Morgan fingerprint density at radius 2 is 1.89 bits per heavy atom. The van der Waals surface area contributed by atoms with Crippen LogP contribution in [0.15, 0.2) is 57.9 Å². The molecule has 1 N–H and O–H groups in total. The lowest BCUT2D eigenvalue weighted by Gasteiger charge is -2.11. The van der Waals surface area contributed by atoms with Crippen LogP contribution in [0.5, 0.6) is 0 Å². The Hall–Kier alpha value is -0.770. The van der Waals surface area contributed by atoms with Gasteiger partial charge in [-0.25, -0.2) is 0 Å². The highest BCUT2D eigenvalue weighted by Gasteiger charge is 2.09. The first-order chi connectivity index (χ1) is 8.66. The molecule has 0 heterocycles. The lowest BCUT2D eigenvalue weighted by molar-refractivity contribution is 0.204. The minimum absolute atomic E-state index is 0.426. The van der Waals surface area contributed by atoms with Crippen LogP contribution < -0.4 is 0 Å². The zero-order chi connectivity index (χ0) is 13.0. The SMILES string of the molecule is Cc1ccc(SCC(O)c2ccccc2)c(Br)c1. The first-order valence-corrected chi connectivity index (χ1v) is 7.56. The van der Waals surface area contributed by atoms with Crippen LogP contribution in [0.3, 0.4) is 0 Å². The van der Waals surface area contributed by atoms with Crippen molar-refractivity contribution in [1.82, 2.24) is 0 Å². The first kappa shape index (κ1) is 13.7. The van der Waals surface area contributed by atoms with Crippen LogP contribution >= 0.6 is 27.7 Å². The molecule has 0 aliphatic rings. The molecule has 0 bridgehead atoms. The van der Waals surface area contributed by atoms with Gasteiger partial charge in [0.15, 0.2) is 0 Å². The van der Waals surface area contributed by atoms with E-state index in [1.165, 1.54) is 5.56 Å². The molecule has 0 fully saturated rings. The third kappa shape index (κ3) is 3.61. The van der Waals surface area contributed by atoms with E-state index in [1.54, 1.807) is 11.8 Å². The zero-order valence-electron chi connectivity index (χ0n) is 10.1. The third-order valence-electron chi connectivity index (χ3n) is 2.67. The van der Waals surface area contributed by atoms with Crippen molar-refractivity contribution in [2.45, 2.75) is 17.9 Å². The second-order valence-corrected chi connectivity index (χ2v) is 6.09. The number of halogens is 1. The molecule has 3 heteroatoms. The van der Waals surface area contributed by atoms with Gasteiger partial charge in [0.05, 0.1) is 6.10 Å². The number of hydrogen-bond donors (Lipinski definition) is 1. The number of rotatable bonds is 4. The Morgan fingerprint density at radius 1 is 1.17 bits per heavy atom. The van der Waals surface area contributed by atoms with Crippen LogP contribution in [0.4, 0.5) is 0 Å². The predicted molar refractivity (Wildman–Crippen MR) is 81.0 cm³/mol. The van der Waals surface area contributed by atoms with Gasteiger partial charge in [0.1, 0.15) is 0 Å². The minimum atomic E-state index is -0.426. The van der Waals surface area contributed by atoms with Crippen LogP contribution in [-0.2, 0) is 0 Å². The Kier molecular flexibility index (Phi) is 4.87. The molecule has 94 valence electrons. The molecule has 0 aromatic heterocycles. The number of thioether (sulfide) groups is 1. The van der Waals surface area contributed by atoms with Crippen molar-refractivity contribution < 1.29 is 5.11 Å². The molecule has 1 atom stereocenters. The average Bonchev–Trinajstić information content (AvgIpc) is 2.38. The quantitative estimate of drug-likeness (QED) is 0.831. The van der Waals surface area contributed by atoms with Gasteiger partial charge in [-0.1, -0.05) is 36.4 Å². The average molecular weight is 323 g/mol. The van der Waals surface area contributed by atoms with Gasteiger partial charge in [-0.05, 0) is 46.1 Å². The van der Waals surface area contributed by atoms with E-state index in [1.807, 2.05) is 30.3 Å². The van der Waals surface area contributed by atoms with Crippen molar-refractivity contribution in [2.75, 3.05) is 5.75 Å². The van der Waals surface area contributed by atoms with Crippen molar-refractivity contribution in [3.8, 4) is 0 Å². The van der Waals surface area contributed by atoms with Crippen molar-refractivity contribution in [3.63, 3.8) is 0 Å². The highest BCUT2D eigenvalue weighted by molar-refractivity contribution is 9.10. The summed E-state index contributed by atoms with van der Waals surface area (Å²) >= 11 is 5.21. The molecule has 0 radical (unpaired) electrons. The zero-order valence-corrected chi connectivity index (χ0v) is 12.5. The second kappa shape index (κ2) is 6.41. The van der Waals surface area contributed by atoms with Crippen molar-refractivity contribution in [2.24, 2.45) is 0 Å². The summed E-state index contributed by atoms with van der Waals surface area (Å²) in [5.74, 6) is 0.658. The maximum atomic E-state index is 10.1. The molecule has 0 aliphatic carbocycles. The van der Waals surface area contributed by atoms with E-state index in [0.717, 1.165) is 14.9 Å². The summed E-state index contributed by atoms with van der Waals surface area (Å²) in [6.45, 7) is 2.07. The van der Waals surface area contributed by atoms with Gasteiger partial charge in [0.2, 0.25) is 0 Å². The molecular weight excluding hydrogens is 308 g/mol. The van der Waals surface area contributed by atoms with Crippen LogP contribution in [0.2, 0.25) is 0 Å². The van der Waals surface area contributed by atoms with Gasteiger partial charge in [-0.15, -0.1) is 11.8 Å². The maximum Gasteiger partial charge on any atom is 0.0883 e. The molecule has 0 spiro atoms. The number of hydrogen-bond acceptors (Lipinski definition) is 2. The molecule has 18 heavy (non-hydrogen) atoms. The van der Waals surface area contributed by atoms with E-state index >= 15 is 0 Å². The van der Waals surface area contributed by atoms with Gasteiger partial charge in [-0.3, -0.25) is 0 Å². The fourth-order valence-corrected chi connectivity index (χ4v) is 3.39. The van der Waals surface area contributed by atoms with E-state index in [2.05, 4.69) is 41.1 Å². The Balaban J connectivity index is 1.99. The molecule has 2 aromatic carbocycles. The van der Waals surface area contributed by atoms with Gasteiger partial charge in [-0.2, -0.15) is 0 Å². The number of aliphatic hydroxyl groups is 1. The van der Waals surface area contributed by atoms with Crippen LogP contribution in [-0.4, -0.2) is 10.9 Å². The van der Waals surface area contributed by atoms with E-state index in [0.29, 0.717) is 5.75 Å². The highest BCUT2D eigenvalue weighted by atomic mass is 79.9. The fraction of sp³-hybridized carbons (Fsp3) is 0.200. The molecular formula is C15H15BrOS. The standard InChI is InChI=1S/C15H15BrOS/c1-11-7-8-15(13(16)9-11)18-10-14(17)12-5-3-2-4-6-12/h2-9,14,17H,10H2,1H3. The van der Waals surface area contributed by atoms with E-state index < -0.39 is 6.10 Å². The first-order valence-electron chi connectivity index (χ1n) is 5.79. The van der Waals surface area contributed by atoms with Crippen molar-refractivity contribution >= 4 is 27.7 Å². The smallest absolute Gasteiger partial charge is 0.0883 e. The monoisotopic (exact) mass is 322 g/mol. The number of aliphatic hydroxyl groups excluding tert-OH is 1. The van der Waals surface area contributed by atoms with E-state index in [9.17, 15) is 5.11 Å². The molecule has 0 aliphatic heterocycles. The summed E-state index contributed by atoms with van der Waals surface area (Å²) in [5, 5.41) is 10.1. The Labute approximate surface area is 120 Å². The molecule has 2 rings (SSSR count). The Bertz CT molecular complexity index is 513. The number of aryl methyl sites for hydroxylation is 1. The van der Waals surface area contributed by atoms with Crippen molar-refractivity contribution in [3.05, 3.63) is 64.1 Å². The van der Waals surface area contributed by atoms with Gasteiger partial charge in [0, 0.05) is 15.1 Å². The number of benzene rings is 2. The summed E-state index contributed by atoms with van der Waals surface area (Å²) in [5.41, 5.74) is 2.20. The summed E-state index contributed by atoms with van der Waals surface area (Å²) in [7, 11) is 0. The minimum Gasteiger partial charge on any atom is -0.388 e. The summed E-state index contributed by atoms with van der Waals surface area (Å²) in [6, 6.07) is 16.0. The third-order valence-corrected chi connectivity index (χ3v) is 4.74. The molecule has 0 amide bonds. The normalized spacial score (nSPS) is 12.4. The second-order valence-electron chi connectivity index (χ2n) is 4.17. The molecule has 0 saturated carbocycles.